The predicted octanol–water partition coefficient (Wildman–Crippen LogP) is 5.06. The lowest BCUT2D eigenvalue weighted by Crippen LogP contribution is -2.18. The molecule has 1 amide bonds. The van der Waals surface area contributed by atoms with Gasteiger partial charge in [0.2, 0.25) is 0 Å². The number of nitro benzene ring substituents is 1. The van der Waals surface area contributed by atoms with E-state index in [0.717, 1.165) is 34.5 Å². The number of nitrogens with zero attached hydrogens (tertiary/aromatic N) is 1. The van der Waals surface area contributed by atoms with Crippen LogP contribution in [0.5, 0.6) is 0 Å². The highest BCUT2D eigenvalue weighted by molar-refractivity contribution is 8.04. The normalized spacial score (nSPS) is 14.1. The van der Waals surface area contributed by atoms with Gasteiger partial charge in [0.25, 0.3) is 11.6 Å². The van der Waals surface area contributed by atoms with E-state index in [9.17, 15) is 28.1 Å². The highest BCUT2D eigenvalue weighted by Gasteiger charge is 2.26. The summed E-state index contributed by atoms with van der Waals surface area (Å²) in [4.78, 5) is 36.3. The molecule has 0 saturated carbocycles. The Morgan fingerprint density at radius 2 is 1.81 bits per heavy atom. The van der Waals surface area contributed by atoms with Crippen LogP contribution in [0, 0.1) is 24.0 Å². The van der Waals surface area contributed by atoms with Gasteiger partial charge in [0.1, 0.15) is 0 Å². The summed E-state index contributed by atoms with van der Waals surface area (Å²) in [6.45, 7) is 3.73. The first kappa shape index (κ1) is 26.1. The molecule has 0 fully saturated rings. The van der Waals surface area contributed by atoms with Gasteiger partial charge in [-0.3, -0.25) is 14.9 Å². The highest BCUT2D eigenvalue weighted by Crippen LogP contribution is 2.41. The second-order valence-electron chi connectivity index (χ2n) is 8.37. The number of anilines is 1. The smallest absolute Gasteiger partial charge is 0.338 e. The zero-order valence-electron chi connectivity index (χ0n) is 20.1. The summed E-state index contributed by atoms with van der Waals surface area (Å²) in [7, 11) is -2.52. The van der Waals surface area contributed by atoms with Crippen molar-refractivity contribution in [1.82, 2.24) is 0 Å². The largest absolute Gasteiger partial charge is 0.465 e. The first-order valence-electron chi connectivity index (χ1n) is 11.0. The highest BCUT2D eigenvalue weighted by atomic mass is 32.2. The third-order valence-electron chi connectivity index (χ3n) is 5.92. The van der Waals surface area contributed by atoms with E-state index in [2.05, 4.69) is 10.1 Å². The number of benzene rings is 3. The number of ether oxygens (including phenoxy) is 1. The Kier molecular flexibility index (Phi) is 7.19. The summed E-state index contributed by atoms with van der Waals surface area (Å²) in [5.74, 6) is -1.42. The maximum absolute atomic E-state index is 13.1. The van der Waals surface area contributed by atoms with E-state index in [-0.39, 0.29) is 32.4 Å². The van der Waals surface area contributed by atoms with Crippen molar-refractivity contribution in [3.8, 4) is 0 Å². The van der Waals surface area contributed by atoms with Gasteiger partial charge in [-0.25, -0.2) is 13.2 Å². The van der Waals surface area contributed by atoms with Gasteiger partial charge in [-0.2, -0.15) is 0 Å². The first-order valence-corrected chi connectivity index (χ1v) is 13.5. The molecule has 4 rings (SSSR count). The van der Waals surface area contributed by atoms with E-state index in [1.807, 2.05) is 32.0 Å². The molecule has 0 aromatic heterocycles. The standard InChI is InChI=1S/C26H22N2O7S2/c1-15-5-4-6-16(2)20(15)14-37(33,34)19-9-10-23-21(13-19)27-25(29)24(36-23)12-17-7-8-18(26(30)35-3)11-22(17)28(31)32/h4-13H,14H2,1-3H3,(H,27,29)/b24-12+. The Hall–Kier alpha value is -3.96. The molecule has 0 atom stereocenters. The Labute approximate surface area is 217 Å². The Morgan fingerprint density at radius 3 is 2.46 bits per heavy atom. The van der Waals surface area contributed by atoms with Crippen LogP contribution < -0.4 is 5.32 Å². The SMILES string of the molecule is COC(=O)c1ccc(/C=C2/Sc3ccc(S(=O)(=O)Cc4c(C)cccc4C)cc3NC2=O)c([N+](=O)[O-])c1. The molecule has 1 heterocycles. The summed E-state index contributed by atoms with van der Waals surface area (Å²) in [5, 5.41) is 14.3. The number of nitro groups is 1. The van der Waals surface area contributed by atoms with Crippen LogP contribution in [0.25, 0.3) is 6.08 Å². The number of aryl methyl sites for hydroxylation is 2. The Bertz CT molecular complexity index is 1570. The minimum atomic E-state index is -3.69. The molecule has 0 aliphatic carbocycles. The lowest BCUT2D eigenvalue weighted by atomic mass is 10.1. The molecule has 1 aliphatic heterocycles. The van der Waals surface area contributed by atoms with Crippen molar-refractivity contribution in [2.45, 2.75) is 29.4 Å². The number of hydrogen-bond acceptors (Lipinski definition) is 8. The topological polar surface area (TPSA) is 133 Å². The zero-order chi connectivity index (χ0) is 26.9. The number of hydrogen-bond donors (Lipinski definition) is 1. The van der Waals surface area contributed by atoms with Crippen LogP contribution in [0.1, 0.15) is 32.6 Å². The van der Waals surface area contributed by atoms with E-state index in [0.29, 0.717) is 10.6 Å². The average molecular weight is 539 g/mol. The van der Waals surface area contributed by atoms with Gasteiger partial charge >= 0.3 is 5.97 Å². The summed E-state index contributed by atoms with van der Waals surface area (Å²) in [6.07, 6.45) is 1.35. The van der Waals surface area contributed by atoms with Gasteiger partial charge in [0, 0.05) is 11.0 Å². The number of nitrogens with one attached hydrogen (secondary N) is 1. The van der Waals surface area contributed by atoms with Crippen LogP contribution in [0.2, 0.25) is 0 Å². The molecular formula is C26H22N2O7S2. The van der Waals surface area contributed by atoms with Crippen LogP contribution in [0.4, 0.5) is 11.4 Å². The second kappa shape index (κ2) is 10.2. The average Bonchev–Trinajstić information content (AvgIpc) is 2.86. The summed E-state index contributed by atoms with van der Waals surface area (Å²) >= 11 is 1.06. The van der Waals surface area contributed by atoms with Gasteiger partial charge in [0.15, 0.2) is 9.84 Å². The number of carbonyl (C=O) groups is 2. The summed E-state index contributed by atoms with van der Waals surface area (Å²) in [5.41, 5.74) is 2.63. The Morgan fingerprint density at radius 1 is 1.11 bits per heavy atom. The summed E-state index contributed by atoms with van der Waals surface area (Å²) in [6, 6.07) is 13.9. The van der Waals surface area contributed by atoms with Crippen molar-refractivity contribution in [1.29, 1.82) is 0 Å². The van der Waals surface area contributed by atoms with E-state index >= 15 is 0 Å². The van der Waals surface area contributed by atoms with Crippen LogP contribution in [-0.4, -0.2) is 32.3 Å². The number of rotatable bonds is 6. The lowest BCUT2D eigenvalue weighted by molar-refractivity contribution is -0.385. The summed E-state index contributed by atoms with van der Waals surface area (Å²) < 4.78 is 30.9. The number of amides is 1. The third-order valence-corrected chi connectivity index (χ3v) is 8.66. The molecule has 1 aliphatic rings. The molecule has 37 heavy (non-hydrogen) atoms. The molecule has 11 heteroatoms. The van der Waals surface area contributed by atoms with Crippen molar-refractivity contribution in [2.75, 3.05) is 12.4 Å². The molecule has 190 valence electrons. The quantitative estimate of drug-likeness (QED) is 0.199. The fourth-order valence-electron chi connectivity index (χ4n) is 3.89. The van der Waals surface area contributed by atoms with Crippen LogP contribution >= 0.6 is 11.8 Å². The third kappa shape index (κ3) is 5.42. The Balaban J connectivity index is 1.64. The molecule has 1 N–H and O–H groups in total. The molecular weight excluding hydrogens is 516 g/mol. The number of methoxy groups -OCH3 is 1. The van der Waals surface area contributed by atoms with Crippen LogP contribution in [0.15, 0.2) is 69.3 Å². The van der Waals surface area contributed by atoms with Crippen LogP contribution in [-0.2, 0) is 25.1 Å². The van der Waals surface area contributed by atoms with Crippen molar-refractivity contribution in [3.05, 3.63) is 97.4 Å². The minimum absolute atomic E-state index is 0.0112. The van der Waals surface area contributed by atoms with Gasteiger partial charge in [0.05, 0.1) is 44.4 Å². The fraction of sp³-hybridized carbons (Fsp3) is 0.154. The predicted molar refractivity (Wildman–Crippen MR) is 140 cm³/mol. The lowest BCUT2D eigenvalue weighted by Gasteiger charge is -2.20. The first-order chi connectivity index (χ1) is 17.5. The van der Waals surface area contributed by atoms with E-state index in [1.54, 1.807) is 6.07 Å². The van der Waals surface area contributed by atoms with Crippen molar-refractivity contribution in [3.63, 3.8) is 0 Å². The molecule has 3 aromatic rings. The monoisotopic (exact) mass is 538 g/mol. The molecule has 0 spiro atoms. The second-order valence-corrected chi connectivity index (χ2v) is 11.4. The van der Waals surface area contributed by atoms with Crippen LogP contribution in [0.3, 0.4) is 0 Å². The number of thioether (sulfide) groups is 1. The van der Waals surface area contributed by atoms with E-state index in [1.165, 1.54) is 37.5 Å². The fourth-order valence-corrected chi connectivity index (χ4v) is 6.39. The molecule has 9 nitrogen and oxygen atoms in total. The van der Waals surface area contributed by atoms with E-state index < -0.39 is 26.6 Å². The molecule has 0 saturated heterocycles. The van der Waals surface area contributed by atoms with Crippen molar-refractivity contribution < 1.29 is 27.7 Å². The van der Waals surface area contributed by atoms with Gasteiger partial charge in [-0.15, -0.1) is 0 Å². The number of fused-ring (bicyclic) bond motifs is 1. The number of esters is 1. The molecule has 0 unspecified atom stereocenters. The maximum atomic E-state index is 13.1. The van der Waals surface area contributed by atoms with Gasteiger partial charge in [-0.1, -0.05) is 30.0 Å². The zero-order valence-corrected chi connectivity index (χ0v) is 21.7. The van der Waals surface area contributed by atoms with Gasteiger partial charge in [-0.05, 0) is 66.9 Å². The number of carbonyl (C=O) groups excluding carboxylic acids is 2. The van der Waals surface area contributed by atoms with E-state index in [4.69, 9.17) is 0 Å². The number of sulfone groups is 1. The molecule has 0 radical (unpaired) electrons. The van der Waals surface area contributed by atoms with Crippen molar-refractivity contribution >= 4 is 50.9 Å². The van der Waals surface area contributed by atoms with Gasteiger partial charge < -0.3 is 10.1 Å². The minimum Gasteiger partial charge on any atom is -0.465 e. The molecule has 3 aromatic carbocycles. The van der Waals surface area contributed by atoms with Crippen molar-refractivity contribution in [2.24, 2.45) is 0 Å². The maximum Gasteiger partial charge on any atom is 0.338 e. The molecule has 0 bridgehead atoms.